The first-order valence-electron chi connectivity index (χ1n) is 3.40. The summed E-state index contributed by atoms with van der Waals surface area (Å²) in [6, 6.07) is 0. The number of aromatic nitrogens is 3. The van der Waals surface area contributed by atoms with Gasteiger partial charge in [-0.3, -0.25) is 4.79 Å². The Labute approximate surface area is 80.8 Å². The van der Waals surface area contributed by atoms with Crippen LogP contribution in [0.25, 0.3) is 5.78 Å². The van der Waals surface area contributed by atoms with Crippen LogP contribution in [-0.4, -0.2) is 19.5 Å². The van der Waals surface area contributed by atoms with E-state index in [0.29, 0.717) is 4.47 Å². The number of aromatic hydroxyl groups is 1. The lowest BCUT2D eigenvalue weighted by atomic mass is 10.5. The van der Waals surface area contributed by atoms with Gasteiger partial charge >= 0.3 is 5.56 Å². The molecule has 66 valence electrons. The van der Waals surface area contributed by atoms with E-state index in [0.717, 1.165) is 6.20 Å². The Bertz CT molecular complexity index is 517. The number of halogens is 1. The van der Waals surface area contributed by atoms with Gasteiger partial charge in [0, 0.05) is 12.4 Å². The molecule has 13 heavy (non-hydrogen) atoms. The third-order valence-corrected chi connectivity index (χ3v) is 1.92. The van der Waals surface area contributed by atoms with E-state index in [1.54, 1.807) is 0 Å². The Balaban J connectivity index is 2.97. The van der Waals surface area contributed by atoms with Crippen molar-refractivity contribution in [2.45, 2.75) is 0 Å². The molecule has 0 atom stereocenters. The van der Waals surface area contributed by atoms with Gasteiger partial charge in [-0.2, -0.15) is 0 Å². The van der Waals surface area contributed by atoms with Crippen LogP contribution in [0.3, 0.4) is 0 Å². The van der Waals surface area contributed by atoms with Crippen LogP contribution in [0.2, 0.25) is 0 Å². The van der Waals surface area contributed by atoms with Gasteiger partial charge in [-0.25, -0.2) is 14.4 Å². The molecule has 0 unspecified atom stereocenters. The highest BCUT2D eigenvalue weighted by molar-refractivity contribution is 9.10. The van der Waals surface area contributed by atoms with Gasteiger partial charge in [-0.15, -0.1) is 0 Å². The van der Waals surface area contributed by atoms with E-state index in [1.807, 2.05) is 0 Å². The summed E-state index contributed by atoms with van der Waals surface area (Å²) < 4.78 is 1.81. The monoisotopic (exact) mass is 241 g/mol. The average Bonchev–Trinajstić information content (AvgIpc) is 2.12. The van der Waals surface area contributed by atoms with Gasteiger partial charge in [0.15, 0.2) is 0 Å². The van der Waals surface area contributed by atoms with Crippen molar-refractivity contribution in [3.05, 3.63) is 33.4 Å². The fraction of sp³-hybridized carbons (Fsp3) is 0. The molecule has 2 aromatic rings. The van der Waals surface area contributed by atoms with Crippen LogP contribution in [0.15, 0.2) is 27.9 Å². The third-order valence-electron chi connectivity index (χ3n) is 1.51. The molecule has 0 spiro atoms. The molecule has 0 bridgehead atoms. The Kier molecular flexibility index (Phi) is 1.77. The van der Waals surface area contributed by atoms with E-state index in [4.69, 9.17) is 5.11 Å². The second kappa shape index (κ2) is 2.81. The van der Waals surface area contributed by atoms with Crippen LogP contribution in [0.1, 0.15) is 0 Å². The number of nitrogens with zero attached hydrogens (tertiary/aromatic N) is 3. The lowest BCUT2D eigenvalue weighted by molar-refractivity contribution is 0.462. The van der Waals surface area contributed by atoms with Gasteiger partial charge < -0.3 is 5.11 Å². The van der Waals surface area contributed by atoms with E-state index >= 15 is 0 Å². The molecule has 2 heterocycles. The molecule has 0 aliphatic rings. The zero-order chi connectivity index (χ0) is 9.42. The molecule has 0 aliphatic heterocycles. The molecule has 0 saturated heterocycles. The molecule has 2 aromatic heterocycles. The van der Waals surface area contributed by atoms with Crippen molar-refractivity contribution < 1.29 is 5.11 Å². The Hall–Kier alpha value is -1.43. The molecule has 0 amide bonds. The van der Waals surface area contributed by atoms with Crippen LogP contribution >= 0.6 is 15.9 Å². The van der Waals surface area contributed by atoms with E-state index in [1.165, 1.54) is 16.8 Å². The first-order valence-corrected chi connectivity index (χ1v) is 4.19. The maximum absolute atomic E-state index is 11.3. The molecular formula is C7H4BrN3O2. The van der Waals surface area contributed by atoms with Gasteiger partial charge in [0.2, 0.25) is 11.5 Å². The SMILES string of the molecule is O=c1c(O)cnc2ncc(Br)cn12. The summed E-state index contributed by atoms with van der Waals surface area (Å²) in [4.78, 5) is 18.9. The molecule has 0 aromatic carbocycles. The van der Waals surface area contributed by atoms with Crippen LogP contribution in [0.4, 0.5) is 0 Å². The Morgan fingerprint density at radius 2 is 2.08 bits per heavy atom. The van der Waals surface area contributed by atoms with E-state index < -0.39 is 11.3 Å². The average molecular weight is 242 g/mol. The summed E-state index contributed by atoms with van der Waals surface area (Å²) in [6.45, 7) is 0. The summed E-state index contributed by atoms with van der Waals surface area (Å²) in [5.41, 5.74) is -0.529. The molecule has 6 heteroatoms. The second-order valence-electron chi connectivity index (χ2n) is 2.39. The predicted octanol–water partition coefficient (Wildman–Crippen LogP) is 0.558. The van der Waals surface area contributed by atoms with Gasteiger partial charge in [-0.1, -0.05) is 0 Å². The molecule has 1 N–H and O–H groups in total. The van der Waals surface area contributed by atoms with Crippen molar-refractivity contribution in [1.29, 1.82) is 0 Å². The molecule has 0 fully saturated rings. The van der Waals surface area contributed by atoms with Crippen LogP contribution < -0.4 is 5.56 Å². The summed E-state index contributed by atoms with van der Waals surface area (Å²) >= 11 is 3.16. The zero-order valence-corrected chi connectivity index (χ0v) is 7.89. The number of hydrogen-bond acceptors (Lipinski definition) is 4. The van der Waals surface area contributed by atoms with E-state index in [2.05, 4.69) is 25.9 Å². The summed E-state index contributed by atoms with van der Waals surface area (Å²) in [5, 5.41) is 9.07. The third kappa shape index (κ3) is 1.29. The topological polar surface area (TPSA) is 67.5 Å². The number of rotatable bonds is 0. The maximum Gasteiger partial charge on any atom is 0.301 e. The molecule has 0 saturated carbocycles. The first-order chi connectivity index (χ1) is 6.18. The maximum atomic E-state index is 11.3. The highest BCUT2D eigenvalue weighted by Gasteiger charge is 2.03. The molecule has 2 rings (SSSR count). The highest BCUT2D eigenvalue weighted by Crippen LogP contribution is 2.07. The standard InChI is InChI=1S/C7H4BrN3O2/c8-4-1-9-7-10-2-5(12)6(13)11(7)3-4/h1-3,12H. The van der Waals surface area contributed by atoms with Gasteiger partial charge in [0.05, 0.1) is 10.7 Å². The minimum absolute atomic E-state index is 0.256. The Morgan fingerprint density at radius 1 is 1.38 bits per heavy atom. The first kappa shape index (κ1) is 8.18. The molecule has 0 aliphatic carbocycles. The minimum atomic E-state index is -0.529. The van der Waals surface area contributed by atoms with E-state index in [-0.39, 0.29) is 5.78 Å². The summed E-state index contributed by atoms with van der Waals surface area (Å²) in [7, 11) is 0. The predicted molar refractivity (Wildman–Crippen MR) is 48.6 cm³/mol. The minimum Gasteiger partial charge on any atom is -0.502 e. The number of hydrogen-bond donors (Lipinski definition) is 1. The van der Waals surface area contributed by atoms with Crippen molar-refractivity contribution in [3.8, 4) is 5.75 Å². The van der Waals surface area contributed by atoms with Gasteiger partial charge in [0.1, 0.15) is 0 Å². The van der Waals surface area contributed by atoms with Crippen LogP contribution in [0.5, 0.6) is 5.75 Å². The number of fused-ring (bicyclic) bond motifs is 1. The second-order valence-corrected chi connectivity index (χ2v) is 3.31. The van der Waals surface area contributed by atoms with Gasteiger partial charge in [-0.05, 0) is 15.9 Å². The van der Waals surface area contributed by atoms with Crippen molar-refractivity contribution in [3.63, 3.8) is 0 Å². The molecule has 5 nitrogen and oxygen atoms in total. The fourth-order valence-electron chi connectivity index (χ4n) is 0.938. The summed E-state index contributed by atoms with van der Waals surface area (Å²) in [5.74, 6) is -0.136. The van der Waals surface area contributed by atoms with Crippen LogP contribution in [0, 0.1) is 0 Å². The quantitative estimate of drug-likeness (QED) is 0.732. The Morgan fingerprint density at radius 3 is 2.85 bits per heavy atom. The van der Waals surface area contributed by atoms with Crippen molar-refractivity contribution in [1.82, 2.24) is 14.4 Å². The lowest BCUT2D eigenvalue weighted by Crippen LogP contribution is -2.14. The van der Waals surface area contributed by atoms with Crippen molar-refractivity contribution in [2.24, 2.45) is 0 Å². The normalized spacial score (nSPS) is 10.5. The highest BCUT2D eigenvalue weighted by atomic mass is 79.9. The largest absolute Gasteiger partial charge is 0.502 e. The zero-order valence-electron chi connectivity index (χ0n) is 6.31. The van der Waals surface area contributed by atoms with Crippen molar-refractivity contribution >= 4 is 21.7 Å². The van der Waals surface area contributed by atoms with Gasteiger partial charge in [0.25, 0.3) is 0 Å². The summed E-state index contributed by atoms with van der Waals surface area (Å²) in [6.07, 6.45) is 4.11. The molecule has 0 radical (unpaired) electrons. The lowest BCUT2D eigenvalue weighted by Gasteiger charge is -1.98. The van der Waals surface area contributed by atoms with E-state index in [9.17, 15) is 4.79 Å². The van der Waals surface area contributed by atoms with Crippen molar-refractivity contribution in [2.75, 3.05) is 0 Å². The van der Waals surface area contributed by atoms with Crippen LogP contribution in [-0.2, 0) is 0 Å². The molecular weight excluding hydrogens is 238 g/mol. The fourth-order valence-corrected chi connectivity index (χ4v) is 1.25. The smallest absolute Gasteiger partial charge is 0.301 e.